The Kier molecular flexibility index (Phi) is 6.47. The van der Waals surface area contributed by atoms with Crippen LogP contribution < -0.4 is 4.90 Å². The van der Waals surface area contributed by atoms with Crippen LogP contribution in [0.4, 0.5) is 5.69 Å². The van der Waals surface area contributed by atoms with Crippen LogP contribution in [0.2, 0.25) is 0 Å². The Hall–Kier alpha value is -1.38. The molecule has 3 heterocycles. The van der Waals surface area contributed by atoms with Crippen molar-refractivity contribution in [2.45, 2.75) is 12.3 Å². The molecule has 0 amide bonds. The highest BCUT2D eigenvalue weighted by molar-refractivity contribution is 8.14. The SMILES string of the molecule is C=CCSC1=N[C@@H](N2CCOCC2)[C@H](N2CCOCC2)N1c1ccccc1. The van der Waals surface area contributed by atoms with E-state index in [4.69, 9.17) is 14.5 Å². The van der Waals surface area contributed by atoms with Gasteiger partial charge in [-0.15, -0.1) is 6.58 Å². The van der Waals surface area contributed by atoms with Gasteiger partial charge in [0.15, 0.2) is 5.17 Å². The van der Waals surface area contributed by atoms with E-state index in [1.54, 1.807) is 11.8 Å². The van der Waals surface area contributed by atoms with E-state index >= 15 is 0 Å². The van der Waals surface area contributed by atoms with Crippen molar-refractivity contribution in [3.63, 3.8) is 0 Å². The maximum absolute atomic E-state index is 5.62. The van der Waals surface area contributed by atoms with Gasteiger partial charge < -0.3 is 14.4 Å². The Labute approximate surface area is 165 Å². The third-order valence-corrected chi connectivity index (χ3v) is 6.15. The molecule has 0 saturated carbocycles. The number of benzene rings is 1. The van der Waals surface area contributed by atoms with Gasteiger partial charge in [-0.25, -0.2) is 4.99 Å². The fraction of sp³-hybridized carbons (Fsp3) is 0.550. The number of aliphatic imine (C=N–C) groups is 1. The first-order chi connectivity index (χ1) is 13.4. The number of anilines is 1. The van der Waals surface area contributed by atoms with Crippen molar-refractivity contribution in [2.75, 3.05) is 63.3 Å². The zero-order valence-electron chi connectivity index (χ0n) is 15.7. The summed E-state index contributed by atoms with van der Waals surface area (Å²) in [7, 11) is 0. The summed E-state index contributed by atoms with van der Waals surface area (Å²) < 4.78 is 11.2. The molecule has 27 heavy (non-hydrogen) atoms. The zero-order valence-corrected chi connectivity index (χ0v) is 16.5. The summed E-state index contributed by atoms with van der Waals surface area (Å²) in [6, 6.07) is 10.6. The molecule has 146 valence electrons. The van der Waals surface area contributed by atoms with Gasteiger partial charge in [0.25, 0.3) is 0 Å². The molecule has 0 unspecified atom stereocenters. The number of para-hydroxylation sites is 1. The molecule has 0 bridgehead atoms. The van der Waals surface area contributed by atoms with Gasteiger partial charge in [0.1, 0.15) is 12.3 Å². The smallest absolute Gasteiger partial charge is 0.167 e. The first-order valence-corrected chi connectivity index (χ1v) is 10.7. The van der Waals surface area contributed by atoms with E-state index in [9.17, 15) is 0 Å². The van der Waals surface area contributed by atoms with E-state index in [2.05, 4.69) is 51.6 Å². The molecule has 1 aromatic carbocycles. The highest BCUT2D eigenvalue weighted by Crippen LogP contribution is 2.34. The lowest BCUT2D eigenvalue weighted by molar-refractivity contribution is -0.0273. The number of amidine groups is 1. The van der Waals surface area contributed by atoms with Gasteiger partial charge in [-0.2, -0.15) is 0 Å². The number of morpholine rings is 2. The van der Waals surface area contributed by atoms with Crippen LogP contribution in [0, 0.1) is 0 Å². The minimum Gasteiger partial charge on any atom is -0.379 e. The topological polar surface area (TPSA) is 40.5 Å². The van der Waals surface area contributed by atoms with Gasteiger partial charge in [0, 0.05) is 37.6 Å². The molecule has 1 aromatic rings. The van der Waals surface area contributed by atoms with E-state index in [1.807, 2.05) is 6.08 Å². The summed E-state index contributed by atoms with van der Waals surface area (Å²) in [5, 5.41) is 1.08. The van der Waals surface area contributed by atoms with Crippen LogP contribution in [0.15, 0.2) is 48.0 Å². The Morgan fingerprint density at radius 1 is 1.00 bits per heavy atom. The predicted molar refractivity (Wildman–Crippen MR) is 111 cm³/mol. The average Bonchev–Trinajstić information content (AvgIpc) is 3.13. The lowest BCUT2D eigenvalue weighted by atomic mass is 10.2. The molecule has 6 nitrogen and oxygen atoms in total. The molecule has 3 aliphatic heterocycles. The second-order valence-corrected chi connectivity index (χ2v) is 7.83. The molecule has 7 heteroatoms. The van der Waals surface area contributed by atoms with Crippen LogP contribution in [-0.2, 0) is 9.47 Å². The van der Waals surface area contributed by atoms with Gasteiger partial charge >= 0.3 is 0 Å². The van der Waals surface area contributed by atoms with Crippen LogP contribution in [0.5, 0.6) is 0 Å². The van der Waals surface area contributed by atoms with Crippen LogP contribution in [0.25, 0.3) is 0 Å². The standard InChI is InChI=1S/C20H28N4O2S/c1-2-16-27-20-21-18(22-8-12-25-13-9-22)19(23-10-14-26-15-11-23)24(20)17-6-4-3-5-7-17/h2-7,18-19H,1,8-16H2/t18-,19+/m0/s1. The average molecular weight is 389 g/mol. The molecule has 4 rings (SSSR count). The van der Waals surface area contributed by atoms with Gasteiger partial charge in [0.2, 0.25) is 0 Å². The summed E-state index contributed by atoms with van der Waals surface area (Å²) in [5.74, 6) is 0.855. The lowest BCUT2D eigenvalue weighted by Crippen LogP contribution is -2.60. The summed E-state index contributed by atoms with van der Waals surface area (Å²) in [6.45, 7) is 10.7. The summed E-state index contributed by atoms with van der Waals surface area (Å²) >= 11 is 1.76. The third kappa shape index (κ3) is 4.22. The first-order valence-electron chi connectivity index (χ1n) is 9.68. The molecule has 2 saturated heterocycles. The third-order valence-electron chi connectivity index (χ3n) is 5.18. The molecule has 0 spiro atoms. The molecule has 2 atom stereocenters. The monoisotopic (exact) mass is 388 g/mol. The molecule has 0 aliphatic carbocycles. The second kappa shape index (κ2) is 9.21. The minimum absolute atomic E-state index is 0.111. The number of rotatable bonds is 5. The van der Waals surface area contributed by atoms with Crippen LogP contribution >= 0.6 is 11.8 Å². The Balaban J connectivity index is 1.68. The highest BCUT2D eigenvalue weighted by Gasteiger charge is 2.44. The highest BCUT2D eigenvalue weighted by atomic mass is 32.2. The molecule has 0 radical (unpaired) electrons. The number of nitrogens with zero attached hydrogens (tertiary/aromatic N) is 4. The van der Waals surface area contributed by atoms with Crippen molar-refractivity contribution in [1.29, 1.82) is 0 Å². The van der Waals surface area contributed by atoms with Crippen LogP contribution in [0.1, 0.15) is 0 Å². The van der Waals surface area contributed by atoms with Crippen molar-refractivity contribution in [1.82, 2.24) is 9.80 Å². The fourth-order valence-electron chi connectivity index (χ4n) is 3.89. The van der Waals surface area contributed by atoms with Gasteiger partial charge in [0.05, 0.1) is 26.4 Å². The van der Waals surface area contributed by atoms with Crippen LogP contribution in [0.3, 0.4) is 0 Å². The maximum Gasteiger partial charge on any atom is 0.167 e. The molecule has 0 aromatic heterocycles. The van der Waals surface area contributed by atoms with Crippen molar-refractivity contribution in [3.05, 3.63) is 43.0 Å². The fourth-order valence-corrected chi connectivity index (χ4v) is 4.69. The molecular formula is C20H28N4O2S. The van der Waals surface area contributed by atoms with E-state index in [-0.39, 0.29) is 12.3 Å². The zero-order chi connectivity index (χ0) is 18.5. The second-order valence-electron chi connectivity index (χ2n) is 6.84. The number of hydrogen-bond donors (Lipinski definition) is 0. The lowest BCUT2D eigenvalue weighted by Gasteiger charge is -2.43. The molecular weight excluding hydrogens is 360 g/mol. The summed E-state index contributed by atoms with van der Waals surface area (Å²) in [4.78, 5) is 12.6. The van der Waals surface area contributed by atoms with Crippen molar-refractivity contribution >= 4 is 22.6 Å². The van der Waals surface area contributed by atoms with E-state index in [0.717, 1.165) is 63.5 Å². The molecule has 0 N–H and O–H groups in total. The van der Waals surface area contributed by atoms with Crippen molar-refractivity contribution in [2.24, 2.45) is 4.99 Å². The van der Waals surface area contributed by atoms with Crippen LogP contribution in [-0.4, -0.2) is 85.7 Å². The van der Waals surface area contributed by atoms with Crippen molar-refractivity contribution < 1.29 is 9.47 Å². The number of ether oxygens (including phenoxy) is 2. The maximum atomic E-state index is 5.62. The Morgan fingerprint density at radius 2 is 1.63 bits per heavy atom. The van der Waals surface area contributed by atoms with Gasteiger partial charge in [-0.05, 0) is 12.1 Å². The number of hydrogen-bond acceptors (Lipinski definition) is 7. The number of thioether (sulfide) groups is 1. The Morgan fingerprint density at radius 3 is 2.26 bits per heavy atom. The summed E-state index contributed by atoms with van der Waals surface area (Å²) in [6.07, 6.45) is 2.24. The first kappa shape index (κ1) is 19.0. The van der Waals surface area contributed by atoms with Crippen molar-refractivity contribution in [3.8, 4) is 0 Å². The quantitative estimate of drug-likeness (QED) is 0.720. The summed E-state index contributed by atoms with van der Waals surface area (Å²) in [5.41, 5.74) is 1.19. The van der Waals surface area contributed by atoms with Gasteiger partial charge in [-0.1, -0.05) is 36.0 Å². The largest absolute Gasteiger partial charge is 0.379 e. The van der Waals surface area contributed by atoms with E-state index in [0.29, 0.717) is 0 Å². The van der Waals surface area contributed by atoms with Gasteiger partial charge in [-0.3, -0.25) is 9.80 Å². The predicted octanol–water partition coefficient (Wildman–Crippen LogP) is 2.10. The molecule has 2 fully saturated rings. The van der Waals surface area contributed by atoms with E-state index < -0.39 is 0 Å². The minimum atomic E-state index is 0.111. The Bertz CT molecular complexity index is 645. The normalized spacial score (nSPS) is 27.6. The molecule has 3 aliphatic rings. The van der Waals surface area contributed by atoms with E-state index in [1.165, 1.54) is 5.69 Å².